The molecule has 104 valence electrons. The standard InChI is InChI=1S/C20H18O/c1-15-6-5-9-19(14-15)20(21)18-12-10-17(11-13-18)16-7-3-2-4-8-16/h2-14,20-21H,1H3. The molecule has 0 spiro atoms. The van der Waals surface area contributed by atoms with Gasteiger partial charge in [0, 0.05) is 0 Å². The molecule has 0 aliphatic heterocycles. The molecule has 3 rings (SSSR count). The van der Waals surface area contributed by atoms with E-state index in [-0.39, 0.29) is 0 Å². The summed E-state index contributed by atoms with van der Waals surface area (Å²) >= 11 is 0. The van der Waals surface area contributed by atoms with Crippen molar-refractivity contribution in [2.24, 2.45) is 0 Å². The van der Waals surface area contributed by atoms with Crippen LogP contribution in [-0.2, 0) is 0 Å². The summed E-state index contributed by atoms with van der Waals surface area (Å²) in [4.78, 5) is 0. The second kappa shape index (κ2) is 5.94. The van der Waals surface area contributed by atoms with Crippen LogP contribution in [0.1, 0.15) is 22.8 Å². The molecule has 0 bridgehead atoms. The molecule has 0 aliphatic carbocycles. The molecule has 0 aromatic heterocycles. The number of hydrogen-bond acceptors (Lipinski definition) is 1. The van der Waals surface area contributed by atoms with Crippen LogP contribution in [0.15, 0.2) is 78.9 Å². The Morgan fingerprint density at radius 3 is 2.00 bits per heavy atom. The van der Waals surface area contributed by atoms with E-state index in [2.05, 4.69) is 24.3 Å². The molecule has 0 saturated heterocycles. The summed E-state index contributed by atoms with van der Waals surface area (Å²) in [6.45, 7) is 2.04. The Morgan fingerprint density at radius 1 is 0.667 bits per heavy atom. The highest BCUT2D eigenvalue weighted by Crippen LogP contribution is 2.25. The minimum absolute atomic E-state index is 0.574. The fraction of sp³-hybridized carbons (Fsp3) is 0.100. The van der Waals surface area contributed by atoms with Gasteiger partial charge in [-0.05, 0) is 29.2 Å². The Labute approximate surface area is 125 Å². The molecule has 1 unspecified atom stereocenters. The largest absolute Gasteiger partial charge is 0.384 e. The van der Waals surface area contributed by atoms with Crippen molar-refractivity contribution in [2.75, 3.05) is 0 Å². The highest BCUT2D eigenvalue weighted by Gasteiger charge is 2.10. The van der Waals surface area contributed by atoms with Gasteiger partial charge in [0.2, 0.25) is 0 Å². The van der Waals surface area contributed by atoms with Crippen molar-refractivity contribution < 1.29 is 5.11 Å². The first kappa shape index (κ1) is 13.6. The van der Waals surface area contributed by atoms with E-state index in [4.69, 9.17) is 0 Å². The van der Waals surface area contributed by atoms with Crippen molar-refractivity contribution in [3.8, 4) is 11.1 Å². The van der Waals surface area contributed by atoms with Gasteiger partial charge in [-0.15, -0.1) is 0 Å². The molecular weight excluding hydrogens is 256 g/mol. The van der Waals surface area contributed by atoms with E-state index >= 15 is 0 Å². The summed E-state index contributed by atoms with van der Waals surface area (Å²) in [5.41, 5.74) is 5.36. The van der Waals surface area contributed by atoms with Crippen molar-refractivity contribution >= 4 is 0 Å². The summed E-state index contributed by atoms with van der Waals surface area (Å²) in [7, 11) is 0. The first-order valence-electron chi connectivity index (χ1n) is 7.14. The maximum atomic E-state index is 10.5. The molecule has 0 heterocycles. The second-order valence-electron chi connectivity index (χ2n) is 5.30. The number of benzene rings is 3. The normalized spacial score (nSPS) is 12.1. The molecule has 1 atom stereocenters. The van der Waals surface area contributed by atoms with Gasteiger partial charge in [-0.25, -0.2) is 0 Å². The summed E-state index contributed by atoms with van der Waals surface area (Å²) < 4.78 is 0. The van der Waals surface area contributed by atoms with Crippen LogP contribution in [0, 0.1) is 6.92 Å². The molecule has 0 aliphatic rings. The van der Waals surface area contributed by atoms with E-state index in [1.165, 1.54) is 5.56 Å². The zero-order valence-electron chi connectivity index (χ0n) is 12.0. The molecule has 0 radical (unpaired) electrons. The van der Waals surface area contributed by atoms with Crippen LogP contribution in [0.3, 0.4) is 0 Å². The van der Waals surface area contributed by atoms with Gasteiger partial charge in [-0.3, -0.25) is 0 Å². The first-order valence-corrected chi connectivity index (χ1v) is 7.14. The Bertz CT molecular complexity index is 714. The molecule has 0 saturated carbocycles. The number of aryl methyl sites for hydroxylation is 1. The smallest absolute Gasteiger partial charge is 0.104 e. The molecule has 21 heavy (non-hydrogen) atoms. The topological polar surface area (TPSA) is 20.2 Å². The molecule has 0 fully saturated rings. The zero-order chi connectivity index (χ0) is 14.7. The Hall–Kier alpha value is -2.38. The van der Waals surface area contributed by atoms with Crippen molar-refractivity contribution in [1.82, 2.24) is 0 Å². The minimum Gasteiger partial charge on any atom is -0.384 e. The SMILES string of the molecule is Cc1cccc(C(O)c2ccc(-c3ccccc3)cc2)c1. The van der Waals surface area contributed by atoms with Gasteiger partial charge in [-0.2, -0.15) is 0 Å². The van der Waals surface area contributed by atoms with Crippen LogP contribution in [0.5, 0.6) is 0 Å². The number of aliphatic hydroxyl groups is 1. The molecule has 1 heteroatoms. The van der Waals surface area contributed by atoms with Crippen LogP contribution in [-0.4, -0.2) is 5.11 Å². The van der Waals surface area contributed by atoms with Gasteiger partial charge in [0.25, 0.3) is 0 Å². The van der Waals surface area contributed by atoms with Crippen molar-refractivity contribution in [3.05, 3.63) is 95.6 Å². The minimum atomic E-state index is -0.574. The fourth-order valence-electron chi connectivity index (χ4n) is 2.52. The monoisotopic (exact) mass is 274 g/mol. The summed E-state index contributed by atoms with van der Waals surface area (Å²) in [5, 5.41) is 10.5. The Balaban J connectivity index is 1.87. The van der Waals surface area contributed by atoms with Gasteiger partial charge in [0.15, 0.2) is 0 Å². The average Bonchev–Trinajstić information content (AvgIpc) is 2.55. The third-order valence-electron chi connectivity index (χ3n) is 3.69. The third-order valence-corrected chi connectivity index (χ3v) is 3.69. The fourth-order valence-corrected chi connectivity index (χ4v) is 2.52. The van der Waals surface area contributed by atoms with Gasteiger partial charge >= 0.3 is 0 Å². The van der Waals surface area contributed by atoms with Crippen molar-refractivity contribution in [3.63, 3.8) is 0 Å². The molecule has 1 N–H and O–H groups in total. The summed E-state index contributed by atoms with van der Waals surface area (Å²) in [6, 6.07) is 26.4. The lowest BCUT2D eigenvalue weighted by Crippen LogP contribution is -1.99. The number of aliphatic hydroxyl groups excluding tert-OH is 1. The van der Waals surface area contributed by atoms with Gasteiger partial charge in [-0.1, -0.05) is 84.4 Å². The number of rotatable bonds is 3. The maximum Gasteiger partial charge on any atom is 0.104 e. The van der Waals surface area contributed by atoms with Crippen LogP contribution in [0.2, 0.25) is 0 Å². The van der Waals surface area contributed by atoms with Gasteiger partial charge in [0.1, 0.15) is 6.10 Å². The summed E-state index contributed by atoms with van der Waals surface area (Å²) in [6.07, 6.45) is -0.574. The van der Waals surface area contributed by atoms with E-state index in [9.17, 15) is 5.11 Å². The van der Waals surface area contributed by atoms with Crippen LogP contribution in [0.25, 0.3) is 11.1 Å². The van der Waals surface area contributed by atoms with E-state index < -0.39 is 6.10 Å². The maximum absolute atomic E-state index is 10.5. The molecular formula is C20H18O. The molecule has 1 nitrogen and oxygen atoms in total. The predicted octanol–water partition coefficient (Wildman–Crippen LogP) is 4.74. The highest BCUT2D eigenvalue weighted by atomic mass is 16.3. The van der Waals surface area contributed by atoms with E-state index in [0.717, 1.165) is 22.3 Å². The second-order valence-corrected chi connectivity index (χ2v) is 5.30. The van der Waals surface area contributed by atoms with Gasteiger partial charge < -0.3 is 5.11 Å². The van der Waals surface area contributed by atoms with Crippen LogP contribution >= 0.6 is 0 Å². The van der Waals surface area contributed by atoms with E-state index in [1.807, 2.05) is 61.5 Å². The number of hydrogen-bond donors (Lipinski definition) is 1. The van der Waals surface area contributed by atoms with Crippen LogP contribution in [0.4, 0.5) is 0 Å². The Kier molecular flexibility index (Phi) is 3.85. The highest BCUT2D eigenvalue weighted by molar-refractivity contribution is 5.63. The molecule has 3 aromatic carbocycles. The zero-order valence-corrected chi connectivity index (χ0v) is 12.0. The van der Waals surface area contributed by atoms with E-state index in [0.29, 0.717) is 0 Å². The van der Waals surface area contributed by atoms with E-state index in [1.54, 1.807) is 0 Å². The predicted molar refractivity (Wildman–Crippen MR) is 87.1 cm³/mol. The summed E-state index contributed by atoms with van der Waals surface area (Å²) in [5.74, 6) is 0. The molecule has 0 amide bonds. The van der Waals surface area contributed by atoms with Crippen molar-refractivity contribution in [2.45, 2.75) is 13.0 Å². The first-order chi connectivity index (χ1) is 10.2. The van der Waals surface area contributed by atoms with Crippen molar-refractivity contribution in [1.29, 1.82) is 0 Å². The lowest BCUT2D eigenvalue weighted by atomic mass is 9.97. The lowest BCUT2D eigenvalue weighted by molar-refractivity contribution is 0.220. The third kappa shape index (κ3) is 3.04. The average molecular weight is 274 g/mol. The Morgan fingerprint density at radius 2 is 1.33 bits per heavy atom. The van der Waals surface area contributed by atoms with Gasteiger partial charge in [0.05, 0.1) is 0 Å². The lowest BCUT2D eigenvalue weighted by Gasteiger charge is -2.13. The molecule has 3 aromatic rings. The quantitative estimate of drug-likeness (QED) is 0.731. The van der Waals surface area contributed by atoms with Crippen LogP contribution < -0.4 is 0 Å².